The van der Waals surface area contributed by atoms with Crippen molar-refractivity contribution in [3.8, 4) is 11.5 Å². The molecule has 0 bridgehead atoms. The Morgan fingerprint density at radius 1 is 1.29 bits per heavy atom. The zero-order chi connectivity index (χ0) is 19.5. The van der Waals surface area contributed by atoms with E-state index >= 15 is 0 Å². The number of alkyl halides is 2. The van der Waals surface area contributed by atoms with E-state index in [9.17, 15) is 8.78 Å². The van der Waals surface area contributed by atoms with Crippen LogP contribution in [0.3, 0.4) is 0 Å². The highest BCUT2D eigenvalue weighted by Gasteiger charge is 2.44. The predicted molar refractivity (Wildman–Crippen MR) is 94.5 cm³/mol. The van der Waals surface area contributed by atoms with Crippen molar-refractivity contribution in [3.05, 3.63) is 18.0 Å². The van der Waals surface area contributed by atoms with E-state index in [1.807, 2.05) is 6.92 Å². The Kier molecular flexibility index (Phi) is 3.78. The Morgan fingerprint density at radius 2 is 2.14 bits per heavy atom. The lowest BCUT2D eigenvalue weighted by molar-refractivity contribution is -0.286. The van der Waals surface area contributed by atoms with Crippen molar-refractivity contribution >= 4 is 22.5 Å². The minimum atomic E-state index is -3.73. The Bertz CT molecular complexity index is 1070. The zero-order valence-electron chi connectivity index (χ0n) is 15.1. The molecule has 11 heteroatoms. The zero-order valence-corrected chi connectivity index (χ0v) is 15.1. The standard InChI is InChI=1S/C17H18F2N6O3/c1-9-8-24(6-7-26-9)5-4-12-21-15-10-2-3-11-14(28-17(18,19)27-11)13(10)22-16(20)25(15)23-12/h2-3,9H,4-8H2,1H3,(H2,20,22)/t9-/m1/s1. The van der Waals surface area contributed by atoms with E-state index in [1.54, 1.807) is 6.07 Å². The molecular weight excluding hydrogens is 374 g/mol. The maximum atomic E-state index is 13.4. The van der Waals surface area contributed by atoms with Crippen molar-refractivity contribution in [1.29, 1.82) is 0 Å². The van der Waals surface area contributed by atoms with Gasteiger partial charge in [0.1, 0.15) is 5.52 Å². The molecule has 0 aliphatic carbocycles. The fourth-order valence-electron chi connectivity index (χ4n) is 3.60. The predicted octanol–water partition coefficient (Wildman–Crippen LogP) is 1.44. The van der Waals surface area contributed by atoms with Gasteiger partial charge in [-0.05, 0) is 19.1 Å². The highest BCUT2D eigenvalue weighted by atomic mass is 19.3. The second kappa shape index (κ2) is 6.11. The number of nitrogens with zero attached hydrogens (tertiary/aromatic N) is 5. The summed E-state index contributed by atoms with van der Waals surface area (Å²) in [5, 5.41) is 4.94. The van der Waals surface area contributed by atoms with Crippen LogP contribution in [-0.4, -0.2) is 63.1 Å². The molecule has 148 valence electrons. The number of halogens is 2. The van der Waals surface area contributed by atoms with Gasteiger partial charge in [0.05, 0.1) is 12.7 Å². The normalized spacial score (nSPS) is 21.6. The van der Waals surface area contributed by atoms with Gasteiger partial charge in [-0.2, -0.15) is 4.52 Å². The monoisotopic (exact) mass is 392 g/mol. The number of fused-ring (bicyclic) bond motifs is 5. The third-order valence-corrected chi connectivity index (χ3v) is 4.86. The third-order valence-electron chi connectivity index (χ3n) is 4.86. The number of anilines is 1. The van der Waals surface area contributed by atoms with Gasteiger partial charge >= 0.3 is 6.29 Å². The van der Waals surface area contributed by atoms with E-state index < -0.39 is 6.29 Å². The van der Waals surface area contributed by atoms with Gasteiger partial charge in [0.25, 0.3) is 0 Å². The summed E-state index contributed by atoms with van der Waals surface area (Å²) in [4.78, 5) is 11.0. The molecule has 28 heavy (non-hydrogen) atoms. The van der Waals surface area contributed by atoms with Crippen molar-refractivity contribution < 1.29 is 23.0 Å². The van der Waals surface area contributed by atoms with E-state index in [4.69, 9.17) is 10.5 Å². The van der Waals surface area contributed by atoms with Crippen LogP contribution in [0, 0.1) is 0 Å². The molecule has 0 unspecified atom stereocenters. The molecule has 1 fully saturated rings. The lowest BCUT2D eigenvalue weighted by Crippen LogP contribution is -2.42. The summed E-state index contributed by atoms with van der Waals surface area (Å²) >= 11 is 0. The molecule has 0 amide bonds. The van der Waals surface area contributed by atoms with E-state index in [-0.39, 0.29) is 29.1 Å². The summed E-state index contributed by atoms with van der Waals surface area (Å²) in [6.45, 7) is 5.26. The summed E-state index contributed by atoms with van der Waals surface area (Å²) in [5.41, 5.74) is 6.60. The largest absolute Gasteiger partial charge is 0.586 e. The first-order valence-electron chi connectivity index (χ1n) is 8.97. The molecule has 4 heterocycles. The molecule has 5 rings (SSSR count). The van der Waals surface area contributed by atoms with Gasteiger partial charge in [0.2, 0.25) is 5.95 Å². The maximum Gasteiger partial charge on any atom is 0.586 e. The van der Waals surface area contributed by atoms with Crippen LogP contribution in [0.4, 0.5) is 14.7 Å². The quantitative estimate of drug-likeness (QED) is 0.715. The summed E-state index contributed by atoms with van der Waals surface area (Å²) < 4.78 is 42.9. The Balaban J connectivity index is 1.49. The number of benzene rings is 1. The van der Waals surface area contributed by atoms with Crippen molar-refractivity contribution in [2.45, 2.75) is 25.7 Å². The van der Waals surface area contributed by atoms with Gasteiger partial charge in [-0.3, -0.25) is 4.90 Å². The van der Waals surface area contributed by atoms with Gasteiger partial charge in [-0.15, -0.1) is 13.9 Å². The molecular formula is C17H18F2N6O3. The first kappa shape index (κ1) is 17.3. The van der Waals surface area contributed by atoms with E-state index in [1.165, 1.54) is 10.6 Å². The van der Waals surface area contributed by atoms with Crippen molar-refractivity contribution in [3.63, 3.8) is 0 Å². The number of rotatable bonds is 3. The molecule has 3 aromatic rings. The van der Waals surface area contributed by atoms with Crippen molar-refractivity contribution in [2.75, 3.05) is 32.0 Å². The number of nitrogen functional groups attached to an aromatic ring is 1. The second-order valence-electron chi connectivity index (χ2n) is 6.92. The maximum absolute atomic E-state index is 13.4. The molecule has 1 atom stereocenters. The number of nitrogens with two attached hydrogens (primary N) is 1. The van der Waals surface area contributed by atoms with E-state index in [0.717, 1.165) is 19.6 Å². The van der Waals surface area contributed by atoms with Gasteiger partial charge in [0, 0.05) is 31.4 Å². The second-order valence-corrected chi connectivity index (χ2v) is 6.92. The molecule has 2 aromatic heterocycles. The summed E-state index contributed by atoms with van der Waals surface area (Å²) in [6, 6.07) is 3.00. The Morgan fingerprint density at radius 3 is 2.96 bits per heavy atom. The molecule has 0 spiro atoms. The molecule has 1 aromatic carbocycles. The Labute approximate surface area is 158 Å². The van der Waals surface area contributed by atoms with Crippen LogP contribution in [0.25, 0.3) is 16.6 Å². The number of hydrogen-bond acceptors (Lipinski definition) is 8. The van der Waals surface area contributed by atoms with Gasteiger partial charge in [-0.25, -0.2) is 9.97 Å². The van der Waals surface area contributed by atoms with E-state index in [2.05, 4.69) is 29.4 Å². The minimum Gasteiger partial charge on any atom is -0.395 e. The number of aromatic nitrogens is 4. The molecule has 1 saturated heterocycles. The first-order chi connectivity index (χ1) is 13.4. The Hall–Kier alpha value is -2.79. The van der Waals surface area contributed by atoms with Crippen LogP contribution >= 0.6 is 0 Å². The molecule has 2 aliphatic rings. The van der Waals surface area contributed by atoms with E-state index in [0.29, 0.717) is 29.9 Å². The van der Waals surface area contributed by atoms with Crippen LogP contribution in [0.2, 0.25) is 0 Å². The van der Waals surface area contributed by atoms with Crippen molar-refractivity contribution in [1.82, 2.24) is 24.5 Å². The molecule has 2 N–H and O–H groups in total. The minimum absolute atomic E-state index is 0.0356. The number of hydrogen-bond donors (Lipinski definition) is 1. The number of morpholine rings is 1. The fraction of sp³-hybridized carbons (Fsp3) is 0.471. The summed E-state index contributed by atoms with van der Waals surface area (Å²) in [6.07, 6.45) is -2.90. The average molecular weight is 392 g/mol. The number of ether oxygens (including phenoxy) is 3. The van der Waals surface area contributed by atoms with Crippen molar-refractivity contribution in [2.24, 2.45) is 0 Å². The molecule has 0 saturated carbocycles. The van der Waals surface area contributed by atoms with Crippen LogP contribution in [0.1, 0.15) is 12.7 Å². The smallest absolute Gasteiger partial charge is 0.395 e. The van der Waals surface area contributed by atoms with Crippen LogP contribution < -0.4 is 15.2 Å². The topological polar surface area (TPSA) is 100 Å². The third kappa shape index (κ3) is 2.87. The lowest BCUT2D eigenvalue weighted by atomic mass is 10.2. The van der Waals surface area contributed by atoms with Gasteiger partial charge in [0.15, 0.2) is 23.0 Å². The highest BCUT2D eigenvalue weighted by Crippen LogP contribution is 2.45. The summed E-state index contributed by atoms with van der Waals surface area (Å²) in [5.74, 6) is 0.398. The fourth-order valence-corrected chi connectivity index (χ4v) is 3.60. The van der Waals surface area contributed by atoms with Crippen LogP contribution in [0.5, 0.6) is 11.5 Å². The molecule has 2 aliphatic heterocycles. The van der Waals surface area contributed by atoms with Gasteiger partial charge in [-0.1, -0.05) is 0 Å². The average Bonchev–Trinajstić information content (AvgIpc) is 3.20. The first-order valence-corrected chi connectivity index (χ1v) is 8.97. The SMILES string of the molecule is C[C@@H]1CN(CCc2nc3c4ccc5c(c4nc(N)n3n2)OC(F)(F)O5)CCO1. The van der Waals surface area contributed by atoms with Gasteiger partial charge < -0.3 is 19.9 Å². The molecule has 9 nitrogen and oxygen atoms in total. The van der Waals surface area contributed by atoms with Crippen LogP contribution in [-0.2, 0) is 11.2 Å². The van der Waals surface area contributed by atoms with Crippen LogP contribution in [0.15, 0.2) is 12.1 Å². The molecule has 0 radical (unpaired) electrons. The summed E-state index contributed by atoms with van der Waals surface area (Å²) in [7, 11) is 0. The lowest BCUT2D eigenvalue weighted by Gasteiger charge is -2.30. The highest BCUT2D eigenvalue weighted by molar-refractivity contribution is 5.97.